The number of nitrogens with one attached hydrogen (secondary N) is 1. The molecule has 0 radical (unpaired) electrons. The summed E-state index contributed by atoms with van der Waals surface area (Å²) in [6.07, 6.45) is 5.21. The van der Waals surface area contributed by atoms with Gasteiger partial charge in [-0.2, -0.15) is 4.98 Å². The number of benzene rings is 1. The Morgan fingerprint density at radius 3 is 2.96 bits per heavy atom. The molecule has 132 valence electrons. The van der Waals surface area contributed by atoms with Gasteiger partial charge in [-0.1, -0.05) is 23.4 Å². The smallest absolute Gasteiger partial charge is 0.321 e. The van der Waals surface area contributed by atoms with Gasteiger partial charge in [0.05, 0.1) is 0 Å². The van der Waals surface area contributed by atoms with E-state index in [1.807, 2.05) is 36.1 Å². The van der Waals surface area contributed by atoms with Crippen molar-refractivity contribution in [1.29, 1.82) is 0 Å². The second-order valence-electron chi connectivity index (χ2n) is 7.22. The van der Waals surface area contributed by atoms with Crippen LogP contribution in [-0.4, -0.2) is 34.2 Å². The number of piperidine rings is 1. The zero-order chi connectivity index (χ0) is 17.2. The Bertz CT molecular complexity index is 753. The van der Waals surface area contributed by atoms with Crippen LogP contribution in [0.4, 0.5) is 10.5 Å². The fourth-order valence-corrected chi connectivity index (χ4v) is 3.43. The molecular weight excluding hydrogens is 316 g/mol. The molecule has 6 heteroatoms. The first-order valence-corrected chi connectivity index (χ1v) is 9.13. The number of carbonyl (C=O) groups excluding carboxylic acids is 1. The molecule has 0 bridgehead atoms. The molecule has 6 nitrogen and oxygen atoms in total. The van der Waals surface area contributed by atoms with Gasteiger partial charge in [0, 0.05) is 31.1 Å². The summed E-state index contributed by atoms with van der Waals surface area (Å²) >= 11 is 0. The number of urea groups is 1. The molecule has 1 saturated carbocycles. The van der Waals surface area contributed by atoms with Gasteiger partial charge >= 0.3 is 6.03 Å². The quantitative estimate of drug-likeness (QED) is 0.920. The number of para-hydroxylation sites is 1. The molecule has 1 atom stereocenters. The number of aromatic nitrogens is 2. The molecule has 2 aromatic rings. The molecule has 25 heavy (non-hydrogen) atoms. The topological polar surface area (TPSA) is 71.3 Å². The monoisotopic (exact) mass is 340 g/mol. The highest BCUT2D eigenvalue weighted by molar-refractivity contribution is 5.90. The third-order valence-electron chi connectivity index (χ3n) is 5.08. The standard InChI is InChI=1S/C19H24N4O2/c1-13-5-2-3-7-16(13)20-19(24)23-10-4-6-14(12-23)11-17-21-18(22-25-17)15-8-9-15/h2-3,5,7,14-15H,4,6,8-12H2,1H3,(H,20,24)/t14-/m0/s1. The maximum atomic E-state index is 12.6. The van der Waals surface area contributed by atoms with E-state index in [-0.39, 0.29) is 6.03 Å². The third kappa shape index (κ3) is 3.83. The summed E-state index contributed by atoms with van der Waals surface area (Å²) in [7, 11) is 0. The molecule has 2 aliphatic rings. The molecule has 1 aromatic carbocycles. The van der Waals surface area contributed by atoms with Crippen molar-refractivity contribution in [3.05, 3.63) is 41.5 Å². The molecule has 1 N–H and O–H groups in total. The number of likely N-dealkylation sites (tertiary alicyclic amines) is 1. The zero-order valence-corrected chi connectivity index (χ0v) is 14.6. The van der Waals surface area contributed by atoms with Crippen LogP contribution in [0.1, 0.15) is 48.9 Å². The van der Waals surface area contributed by atoms with Gasteiger partial charge in [-0.15, -0.1) is 0 Å². The van der Waals surface area contributed by atoms with Crippen molar-refractivity contribution in [1.82, 2.24) is 15.0 Å². The second-order valence-corrected chi connectivity index (χ2v) is 7.22. The van der Waals surface area contributed by atoms with Crippen LogP contribution >= 0.6 is 0 Å². The highest BCUT2D eigenvalue weighted by Crippen LogP contribution is 2.38. The first-order valence-electron chi connectivity index (χ1n) is 9.13. The van der Waals surface area contributed by atoms with Gasteiger partial charge in [-0.05, 0) is 50.2 Å². The molecule has 2 amide bonds. The summed E-state index contributed by atoms with van der Waals surface area (Å²) in [4.78, 5) is 19.0. The van der Waals surface area contributed by atoms with E-state index in [1.54, 1.807) is 0 Å². The normalized spacial score (nSPS) is 20.5. The van der Waals surface area contributed by atoms with Gasteiger partial charge in [0.2, 0.25) is 5.89 Å². The van der Waals surface area contributed by atoms with Gasteiger partial charge in [0.15, 0.2) is 5.82 Å². The number of nitrogens with zero attached hydrogens (tertiary/aromatic N) is 3. The molecule has 1 saturated heterocycles. The fraction of sp³-hybridized carbons (Fsp3) is 0.526. The Morgan fingerprint density at radius 2 is 2.16 bits per heavy atom. The molecule has 1 aliphatic carbocycles. The number of carbonyl (C=O) groups is 1. The Labute approximate surface area is 147 Å². The molecule has 0 spiro atoms. The fourth-order valence-electron chi connectivity index (χ4n) is 3.43. The minimum atomic E-state index is -0.0248. The first-order chi connectivity index (χ1) is 12.2. The number of aryl methyl sites for hydroxylation is 1. The van der Waals surface area contributed by atoms with E-state index < -0.39 is 0 Å². The van der Waals surface area contributed by atoms with Gasteiger partial charge in [-0.25, -0.2) is 4.79 Å². The lowest BCUT2D eigenvalue weighted by Crippen LogP contribution is -2.42. The van der Waals surface area contributed by atoms with Crippen molar-refractivity contribution in [3.8, 4) is 0 Å². The summed E-state index contributed by atoms with van der Waals surface area (Å²) < 4.78 is 5.40. The van der Waals surface area contributed by atoms with E-state index in [2.05, 4.69) is 15.5 Å². The Kier molecular flexibility index (Phi) is 4.42. The van der Waals surface area contributed by atoms with E-state index >= 15 is 0 Å². The van der Waals surface area contributed by atoms with Crippen LogP contribution in [-0.2, 0) is 6.42 Å². The number of rotatable bonds is 4. The lowest BCUT2D eigenvalue weighted by Gasteiger charge is -2.32. The van der Waals surface area contributed by atoms with Gasteiger partial charge in [-0.3, -0.25) is 0 Å². The summed E-state index contributed by atoms with van der Waals surface area (Å²) in [5.74, 6) is 2.47. The molecule has 4 rings (SSSR count). The predicted octanol–water partition coefficient (Wildman–Crippen LogP) is 3.74. The highest BCUT2D eigenvalue weighted by Gasteiger charge is 2.30. The Hall–Kier alpha value is -2.37. The van der Waals surface area contributed by atoms with Gasteiger partial charge in [0.25, 0.3) is 0 Å². The number of hydrogen-bond donors (Lipinski definition) is 1. The van der Waals surface area contributed by atoms with Crippen molar-refractivity contribution >= 4 is 11.7 Å². The molecule has 1 aromatic heterocycles. The third-order valence-corrected chi connectivity index (χ3v) is 5.08. The minimum Gasteiger partial charge on any atom is -0.339 e. The average Bonchev–Trinajstić information content (AvgIpc) is 3.37. The predicted molar refractivity (Wildman–Crippen MR) is 94.5 cm³/mol. The van der Waals surface area contributed by atoms with Crippen molar-refractivity contribution in [3.63, 3.8) is 0 Å². The van der Waals surface area contributed by atoms with Crippen LogP contribution in [0.5, 0.6) is 0 Å². The van der Waals surface area contributed by atoms with Crippen LogP contribution in [0.25, 0.3) is 0 Å². The van der Waals surface area contributed by atoms with E-state index in [0.29, 0.717) is 17.7 Å². The zero-order valence-electron chi connectivity index (χ0n) is 14.6. The second kappa shape index (κ2) is 6.86. The van der Waals surface area contributed by atoms with Crippen LogP contribution in [0.3, 0.4) is 0 Å². The number of anilines is 1. The molecule has 1 aliphatic heterocycles. The van der Waals surface area contributed by atoms with Crippen LogP contribution in [0.2, 0.25) is 0 Å². The maximum Gasteiger partial charge on any atom is 0.321 e. The van der Waals surface area contributed by atoms with Gasteiger partial charge in [0.1, 0.15) is 0 Å². The SMILES string of the molecule is Cc1ccccc1NC(=O)N1CCC[C@@H](Cc2nc(C3CC3)no2)C1. The first kappa shape index (κ1) is 16.1. The van der Waals surface area contributed by atoms with Crippen molar-refractivity contribution in [2.45, 2.75) is 44.9 Å². The number of amides is 2. The van der Waals surface area contributed by atoms with Crippen LogP contribution < -0.4 is 5.32 Å². The molecular formula is C19H24N4O2. The van der Waals surface area contributed by atoms with Gasteiger partial charge < -0.3 is 14.7 Å². The summed E-state index contributed by atoms with van der Waals surface area (Å²) in [6.45, 7) is 3.53. The van der Waals surface area contributed by atoms with E-state index in [9.17, 15) is 4.79 Å². The Morgan fingerprint density at radius 1 is 1.32 bits per heavy atom. The van der Waals surface area contributed by atoms with Crippen molar-refractivity contribution < 1.29 is 9.32 Å². The van der Waals surface area contributed by atoms with Crippen molar-refractivity contribution in [2.24, 2.45) is 5.92 Å². The maximum absolute atomic E-state index is 12.6. The van der Waals surface area contributed by atoms with Crippen LogP contribution in [0, 0.1) is 12.8 Å². The van der Waals surface area contributed by atoms with E-state index in [1.165, 1.54) is 12.8 Å². The van der Waals surface area contributed by atoms with Crippen LogP contribution in [0.15, 0.2) is 28.8 Å². The van der Waals surface area contributed by atoms with E-state index in [0.717, 1.165) is 49.4 Å². The lowest BCUT2D eigenvalue weighted by atomic mass is 9.95. The molecule has 0 unspecified atom stereocenters. The summed E-state index contributed by atoms with van der Waals surface area (Å²) in [6, 6.07) is 7.83. The lowest BCUT2D eigenvalue weighted by molar-refractivity contribution is 0.173. The average molecular weight is 340 g/mol. The minimum absolute atomic E-state index is 0.0248. The Balaban J connectivity index is 1.35. The molecule has 2 heterocycles. The van der Waals surface area contributed by atoms with E-state index in [4.69, 9.17) is 4.52 Å². The molecule has 2 fully saturated rings. The largest absolute Gasteiger partial charge is 0.339 e. The van der Waals surface area contributed by atoms with Crippen molar-refractivity contribution in [2.75, 3.05) is 18.4 Å². The summed E-state index contributed by atoms with van der Waals surface area (Å²) in [5.41, 5.74) is 1.95. The highest BCUT2D eigenvalue weighted by atomic mass is 16.5. The number of hydrogen-bond acceptors (Lipinski definition) is 4. The summed E-state index contributed by atoms with van der Waals surface area (Å²) in [5, 5.41) is 7.11.